The SMILES string of the molecule is Cc1oc2c(C(=O)O)cccc2c(=O)c1C. The highest BCUT2D eigenvalue weighted by Crippen LogP contribution is 2.19. The van der Waals surface area contributed by atoms with Gasteiger partial charge in [-0.25, -0.2) is 4.79 Å². The molecule has 4 heteroatoms. The summed E-state index contributed by atoms with van der Waals surface area (Å²) in [6.07, 6.45) is 0. The van der Waals surface area contributed by atoms with E-state index in [-0.39, 0.29) is 16.6 Å². The molecule has 2 aromatic rings. The summed E-state index contributed by atoms with van der Waals surface area (Å²) >= 11 is 0. The van der Waals surface area contributed by atoms with Crippen molar-refractivity contribution < 1.29 is 14.3 Å². The first-order valence-corrected chi connectivity index (χ1v) is 4.78. The molecule has 82 valence electrons. The van der Waals surface area contributed by atoms with Crippen molar-refractivity contribution in [1.29, 1.82) is 0 Å². The Hall–Kier alpha value is -2.10. The van der Waals surface area contributed by atoms with Crippen LogP contribution in [0.15, 0.2) is 27.4 Å². The molecule has 1 heterocycles. The predicted octanol–water partition coefficient (Wildman–Crippen LogP) is 2.11. The van der Waals surface area contributed by atoms with Gasteiger partial charge >= 0.3 is 5.97 Å². The van der Waals surface area contributed by atoms with Crippen molar-refractivity contribution in [1.82, 2.24) is 0 Å². The van der Waals surface area contributed by atoms with E-state index in [2.05, 4.69) is 0 Å². The molecule has 4 nitrogen and oxygen atoms in total. The van der Waals surface area contributed by atoms with Crippen molar-refractivity contribution in [2.75, 3.05) is 0 Å². The van der Waals surface area contributed by atoms with Gasteiger partial charge in [0.2, 0.25) is 0 Å². The van der Waals surface area contributed by atoms with E-state index < -0.39 is 5.97 Å². The maximum Gasteiger partial charge on any atom is 0.339 e. The fourth-order valence-electron chi connectivity index (χ4n) is 1.59. The van der Waals surface area contributed by atoms with Crippen molar-refractivity contribution in [3.8, 4) is 0 Å². The van der Waals surface area contributed by atoms with Crippen molar-refractivity contribution in [3.63, 3.8) is 0 Å². The molecular weight excluding hydrogens is 208 g/mol. The zero-order valence-corrected chi connectivity index (χ0v) is 8.90. The topological polar surface area (TPSA) is 67.5 Å². The zero-order chi connectivity index (χ0) is 11.9. The number of fused-ring (bicyclic) bond motifs is 1. The summed E-state index contributed by atoms with van der Waals surface area (Å²) in [6.45, 7) is 3.31. The molecule has 0 bridgehead atoms. The van der Waals surface area contributed by atoms with Gasteiger partial charge in [0.05, 0.1) is 5.39 Å². The Morgan fingerprint density at radius 2 is 2.00 bits per heavy atom. The molecule has 1 aromatic carbocycles. The van der Waals surface area contributed by atoms with Gasteiger partial charge in [0, 0.05) is 5.56 Å². The lowest BCUT2D eigenvalue weighted by atomic mass is 10.1. The molecule has 0 radical (unpaired) electrons. The molecule has 0 spiro atoms. The van der Waals surface area contributed by atoms with Crippen LogP contribution in [0.25, 0.3) is 11.0 Å². The number of carboxylic acids is 1. The molecule has 0 unspecified atom stereocenters. The van der Waals surface area contributed by atoms with Crippen LogP contribution in [0.5, 0.6) is 0 Å². The van der Waals surface area contributed by atoms with Crippen LogP contribution in [0.2, 0.25) is 0 Å². The van der Waals surface area contributed by atoms with E-state index in [0.29, 0.717) is 16.7 Å². The molecule has 16 heavy (non-hydrogen) atoms. The minimum absolute atomic E-state index is 0.0118. The summed E-state index contributed by atoms with van der Waals surface area (Å²) in [5, 5.41) is 9.28. The predicted molar refractivity (Wildman–Crippen MR) is 58.9 cm³/mol. The van der Waals surface area contributed by atoms with E-state index in [9.17, 15) is 9.59 Å². The molecule has 1 N–H and O–H groups in total. The van der Waals surface area contributed by atoms with Crippen LogP contribution in [0.3, 0.4) is 0 Å². The Morgan fingerprint density at radius 3 is 2.62 bits per heavy atom. The Morgan fingerprint density at radius 1 is 1.31 bits per heavy atom. The summed E-state index contributed by atoms with van der Waals surface area (Å²) in [4.78, 5) is 22.8. The molecule has 0 atom stereocenters. The average Bonchev–Trinajstić information content (AvgIpc) is 2.25. The van der Waals surface area contributed by atoms with E-state index in [1.54, 1.807) is 19.9 Å². The van der Waals surface area contributed by atoms with Crippen LogP contribution < -0.4 is 5.43 Å². The van der Waals surface area contributed by atoms with Crippen LogP contribution >= 0.6 is 0 Å². The molecule has 0 aliphatic carbocycles. The van der Waals surface area contributed by atoms with Crippen LogP contribution in [-0.4, -0.2) is 11.1 Å². The summed E-state index contributed by atoms with van der Waals surface area (Å²) in [6, 6.07) is 4.53. The van der Waals surface area contributed by atoms with Gasteiger partial charge in [-0.05, 0) is 26.0 Å². The number of hydrogen-bond donors (Lipinski definition) is 1. The van der Waals surface area contributed by atoms with Crippen molar-refractivity contribution in [2.45, 2.75) is 13.8 Å². The van der Waals surface area contributed by atoms with Crippen molar-refractivity contribution in [3.05, 3.63) is 45.3 Å². The maximum atomic E-state index is 11.9. The van der Waals surface area contributed by atoms with E-state index in [4.69, 9.17) is 9.52 Å². The number of aromatic carboxylic acids is 1. The van der Waals surface area contributed by atoms with Crippen molar-refractivity contribution >= 4 is 16.9 Å². The van der Waals surface area contributed by atoms with E-state index in [1.807, 2.05) is 0 Å². The number of benzene rings is 1. The number of hydrogen-bond acceptors (Lipinski definition) is 3. The summed E-state index contributed by atoms with van der Waals surface area (Å²) in [5.41, 5.74) is 0.484. The molecule has 1 aromatic heterocycles. The molecule has 0 aliphatic heterocycles. The van der Waals surface area contributed by atoms with Gasteiger partial charge in [-0.3, -0.25) is 4.79 Å². The van der Waals surface area contributed by atoms with Gasteiger partial charge in [0.1, 0.15) is 11.3 Å². The van der Waals surface area contributed by atoms with Crippen LogP contribution in [0.1, 0.15) is 21.7 Å². The van der Waals surface area contributed by atoms with Crippen LogP contribution in [0, 0.1) is 13.8 Å². The summed E-state index contributed by atoms with van der Waals surface area (Å²) in [5.74, 6) is -0.650. The Balaban J connectivity index is 3.01. The zero-order valence-electron chi connectivity index (χ0n) is 8.90. The smallest absolute Gasteiger partial charge is 0.339 e. The van der Waals surface area contributed by atoms with E-state index in [1.165, 1.54) is 12.1 Å². The first-order chi connectivity index (χ1) is 7.52. The second-order valence-electron chi connectivity index (χ2n) is 3.60. The summed E-state index contributed by atoms with van der Waals surface area (Å²) in [7, 11) is 0. The molecule has 2 rings (SSSR count). The fraction of sp³-hybridized carbons (Fsp3) is 0.167. The molecule has 0 aliphatic rings. The third kappa shape index (κ3) is 1.39. The number of rotatable bonds is 1. The number of carbonyl (C=O) groups is 1. The van der Waals surface area contributed by atoms with Gasteiger partial charge in [-0.2, -0.15) is 0 Å². The first-order valence-electron chi connectivity index (χ1n) is 4.78. The Labute approximate surface area is 91.1 Å². The fourth-order valence-corrected chi connectivity index (χ4v) is 1.59. The van der Waals surface area contributed by atoms with E-state index in [0.717, 1.165) is 0 Å². The minimum atomic E-state index is -1.10. The standard InChI is InChI=1S/C12H10O4/c1-6-7(2)16-11-8(10(6)13)4-3-5-9(11)12(14)15/h3-5H,1-2H3,(H,14,15). The summed E-state index contributed by atoms with van der Waals surface area (Å²) < 4.78 is 5.38. The molecule has 0 saturated heterocycles. The third-order valence-corrected chi connectivity index (χ3v) is 2.61. The molecular formula is C12H10O4. The minimum Gasteiger partial charge on any atom is -0.478 e. The van der Waals surface area contributed by atoms with Gasteiger partial charge in [0.25, 0.3) is 0 Å². The lowest BCUT2D eigenvalue weighted by Crippen LogP contribution is -2.09. The molecule has 0 fully saturated rings. The van der Waals surface area contributed by atoms with Crippen LogP contribution in [-0.2, 0) is 0 Å². The first kappa shape index (κ1) is 10.4. The third-order valence-electron chi connectivity index (χ3n) is 2.61. The van der Waals surface area contributed by atoms with Crippen molar-refractivity contribution in [2.24, 2.45) is 0 Å². The van der Waals surface area contributed by atoms with E-state index >= 15 is 0 Å². The largest absolute Gasteiger partial charge is 0.478 e. The lowest BCUT2D eigenvalue weighted by Gasteiger charge is -2.04. The number of carboxylic acid groups (broad SMARTS) is 1. The van der Waals surface area contributed by atoms with Gasteiger partial charge in [0.15, 0.2) is 11.0 Å². The monoisotopic (exact) mass is 218 g/mol. The average molecular weight is 218 g/mol. The second-order valence-corrected chi connectivity index (χ2v) is 3.60. The Kier molecular flexibility index (Phi) is 2.27. The van der Waals surface area contributed by atoms with Gasteiger partial charge < -0.3 is 9.52 Å². The quantitative estimate of drug-likeness (QED) is 0.795. The second kappa shape index (κ2) is 3.48. The highest BCUT2D eigenvalue weighted by Gasteiger charge is 2.14. The number of aryl methyl sites for hydroxylation is 1. The molecule has 0 saturated carbocycles. The van der Waals surface area contributed by atoms with Crippen LogP contribution in [0.4, 0.5) is 0 Å². The normalized spacial score (nSPS) is 10.6. The lowest BCUT2D eigenvalue weighted by molar-refractivity contribution is 0.0697. The number of para-hydroxylation sites is 1. The molecule has 0 amide bonds. The van der Waals surface area contributed by atoms with Gasteiger partial charge in [-0.15, -0.1) is 0 Å². The highest BCUT2D eigenvalue weighted by molar-refractivity contribution is 6.00. The van der Waals surface area contributed by atoms with Gasteiger partial charge in [-0.1, -0.05) is 6.07 Å². The Bertz CT molecular complexity index is 637. The highest BCUT2D eigenvalue weighted by atomic mass is 16.4. The maximum absolute atomic E-state index is 11.9.